The van der Waals surface area contributed by atoms with Crippen LogP contribution in [0.25, 0.3) is 0 Å². The van der Waals surface area contributed by atoms with Crippen molar-refractivity contribution in [3.63, 3.8) is 0 Å². The molecule has 0 heterocycles. The van der Waals surface area contributed by atoms with Crippen LogP contribution < -0.4 is 0 Å². The number of hydrogen-bond acceptors (Lipinski definition) is 5. The molecule has 1 aromatic carbocycles. The van der Waals surface area contributed by atoms with Gasteiger partial charge in [0, 0.05) is 19.6 Å². The highest BCUT2D eigenvalue weighted by Gasteiger charge is 2.40. The molecule has 0 aliphatic heterocycles. The third kappa shape index (κ3) is 12.8. The molecule has 5 heteroatoms. The van der Waals surface area contributed by atoms with Crippen molar-refractivity contribution in [3.8, 4) is 0 Å². The maximum atomic E-state index is 13.1. The molecule has 5 nitrogen and oxygen atoms in total. The quantitative estimate of drug-likeness (QED) is 0.241. The van der Waals surface area contributed by atoms with E-state index in [4.69, 9.17) is 9.47 Å². The number of esters is 2. The Morgan fingerprint density at radius 3 is 1.82 bits per heavy atom. The number of carbonyl (C=O) groups excluding carboxylic acids is 2. The minimum atomic E-state index is -0.600. The van der Waals surface area contributed by atoms with Crippen LogP contribution in [-0.4, -0.2) is 41.1 Å². The lowest BCUT2D eigenvalue weighted by Crippen LogP contribution is -2.45. The molecule has 0 N–H and O–H groups in total. The van der Waals surface area contributed by atoms with Crippen LogP contribution in [0.4, 0.5) is 0 Å². The Bertz CT molecular complexity index is 892. The van der Waals surface area contributed by atoms with Crippen molar-refractivity contribution >= 4 is 11.9 Å². The molecule has 0 bridgehead atoms. The summed E-state index contributed by atoms with van der Waals surface area (Å²) < 4.78 is 11.4. The van der Waals surface area contributed by atoms with Crippen molar-refractivity contribution in [1.29, 1.82) is 0 Å². The van der Waals surface area contributed by atoms with E-state index in [-0.39, 0.29) is 28.7 Å². The van der Waals surface area contributed by atoms with Crippen molar-refractivity contribution in [2.75, 3.05) is 13.1 Å². The Hall–Kier alpha value is -1.88. The monoisotopic (exact) mass is 531 g/mol. The van der Waals surface area contributed by atoms with E-state index in [1.165, 1.54) is 5.56 Å². The Balaban J connectivity index is 3.15. The van der Waals surface area contributed by atoms with Gasteiger partial charge in [-0.2, -0.15) is 0 Å². The zero-order chi connectivity index (χ0) is 29.6. The van der Waals surface area contributed by atoms with Crippen molar-refractivity contribution in [1.82, 2.24) is 4.90 Å². The van der Waals surface area contributed by atoms with Crippen LogP contribution >= 0.6 is 0 Å². The minimum absolute atomic E-state index is 0.0952. The summed E-state index contributed by atoms with van der Waals surface area (Å²) in [6.45, 7) is 28.9. The summed E-state index contributed by atoms with van der Waals surface area (Å²) in [6, 6.07) is 10.5. The van der Waals surface area contributed by atoms with Crippen LogP contribution in [0.3, 0.4) is 0 Å². The first-order chi connectivity index (χ1) is 17.1. The third-order valence-electron chi connectivity index (χ3n) is 6.85. The van der Waals surface area contributed by atoms with E-state index in [1.54, 1.807) is 0 Å². The van der Waals surface area contributed by atoms with E-state index in [0.29, 0.717) is 0 Å². The van der Waals surface area contributed by atoms with Gasteiger partial charge in [-0.1, -0.05) is 65.0 Å². The molecule has 0 saturated carbocycles. The van der Waals surface area contributed by atoms with Crippen LogP contribution in [0.5, 0.6) is 0 Å². The minimum Gasteiger partial charge on any atom is -0.460 e. The average molecular weight is 532 g/mol. The molecule has 0 aromatic heterocycles. The maximum absolute atomic E-state index is 13.1. The molecule has 1 aromatic rings. The standard InChI is InChI=1S/C33H57NO4/c1-14-33(13,22-32(11,12)28(36)38-30(6,7)8)24-34(21-26-18-16-15-17-19-26)23-31(9,10)20-25(2)27(35)37-29(3,4)5/h15-19,25H,14,20-24H2,1-13H3. The molecule has 38 heavy (non-hydrogen) atoms. The van der Waals surface area contributed by atoms with Gasteiger partial charge >= 0.3 is 11.9 Å². The van der Waals surface area contributed by atoms with E-state index in [1.807, 2.05) is 68.4 Å². The second-order valence-electron chi connectivity index (χ2n) is 15.2. The zero-order valence-electron chi connectivity index (χ0n) is 26.8. The summed E-state index contributed by atoms with van der Waals surface area (Å²) in [5.74, 6) is -0.477. The molecule has 2 unspecified atom stereocenters. The number of benzene rings is 1. The molecule has 0 amide bonds. The highest BCUT2D eigenvalue weighted by molar-refractivity contribution is 5.76. The third-order valence-corrected chi connectivity index (χ3v) is 6.85. The molecule has 1 rings (SSSR count). The fourth-order valence-corrected chi connectivity index (χ4v) is 5.38. The van der Waals surface area contributed by atoms with Gasteiger partial charge in [0.25, 0.3) is 0 Å². The Labute approximate surface area is 234 Å². The van der Waals surface area contributed by atoms with Gasteiger partial charge in [-0.05, 0) is 91.0 Å². The highest BCUT2D eigenvalue weighted by atomic mass is 16.6. The second-order valence-corrected chi connectivity index (χ2v) is 15.2. The first-order valence-electron chi connectivity index (χ1n) is 14.3. The van der Waals surface area contributed by atoms with E-state index >= 15 is 0 Å². The van der Waals surface area contributed by atoms with E-state index in [0.717, 1.165) is 38.9 Å². The molecular weight excluding hydrogens is 474 g/mol. The fraction of sp³-hybridized carbons (Fsp3) is 0.758. The lowest BCUT2D eigenvalue weighted by atomic mass is 9.71. The normalized spacial score (nSPS) is 15.6. The van der Waals surface area contributed by atoms with Crippen LogP contribution in [0.1, 0.15) is 115 Å². The van der Waals surface area contributed by atoms with E-state index in [2.05, 4.69) is 56.9 Å². The second kappa shape index (κ2) is 13.0. The summed E-state index contributed by atoms with van der Waals surface area (Å²) in [5.41, 5.74) is -0.544. The van der Waals surface area contributed by atoms with Crippen LogP contribution in [0, 0.1) is 22.2 Å². The smallest absolute Gasteiger partial charge is 0.312 e. The van der Waals surface area contributed by atoms with Crippen LogP contribution in [0.2, 0.25) is 0 Å². The van der Waals surface area contributed by atoms with Gasteiger partial charge in [-0.15, -0.1) is 0 Å². The van der Waals surface area contributed by atoms with Crippen molar-refractivity contribution in [2.24, 2.45) is 22.2 Å². The topological polar surface area (TPSA) is 55.8 Å². The highest BCUT2D eigenvalue weighted by Crippen LogP contribution is 2.40. The molecule has 218 valence electrons. The molecular formula is C33H57NO4. The lowest BCUT2D eigenvalue weighted by molar-refractivity contribution is -0.168. The summed E-state index contributed by atoms with van der Waals surface area (Å²) >= 11 is 0. The van der Waals surface area contributed by atoms with Gasteiger partial charge in [0.05, 0.1) is 11.3 Å². The van der Waals surface area contributed by atoms with Gasteiger partial charge in [0.1, 0.15) is 11.2 Å². The van der Waals surface area contributed by atoms with E-state index in [9.17, 15) is 9.59 Å². The number of hydrogen-bond donors (Lipinski definition) is 0. The van der Waals surface area contributed by atoms with Crippen molar-refractivity contribution in [3.05, 3.63) is 35.9 Å². The van der Waals surface area contributed by atoms with Gasteiger partial charge in [0.15, 0.2) is 0 Å². The van der Waals surface area contributed by atoms with Gasteiger partial charge in [0.2, 0.25) is 0 Å². The molecule has 0 fully saturated rings. The van der Waals surface area contributed by atoms with E-state index < -0.39 is 16.6 Å². The first kappa shape index (κ1) is 34.1. The van der Waals surface area contributed by atoms with Crippen molar-refractivity contribution < 1.29 is 19.1 Å². The number of nitrogens with zero attached hydrogens (tertiary/aromatic N) is 1. The molecule has 0 spiro atoms. The predicted octanol–water partition coefficient (Wildman–Crippen LogP) is 8.06. The van der Waals surface area contributed by atoms with Crippen molar-refractivity contribution in [2.45, 2.75) is 127 Å². The summed E-state index contributed by atoms with van der Waals surface area (Å²) in [5, 5.41) is 0. The lowest BCUT2D eigenvalue weighted by Gasteiger charge is -2.42. The zero-order valence-corrected chi connectivity index (χ0v) is 26.8. The fourth-order valence-electron chi connectivity index (χ4n) is 5.38. The Morgan fingerprint density at radius 1 is 0.816 bits per heavy atom. The maximum Gasteiger partial charge on any atom is 0.312 e. The molecule has 0 aliphatic rings. The Kier molecular flexibility index (Phi) is 11.7. The number of rotatable bonds is 13. The molecule has 0 radical (unpaired) electrons. The first-order valence-corrected chi connectivity index (χ1v) is 14.3. The number of ether oxygens (including phenoxy) is 2. The Morgan fingerprint density at radius 2 is 1.34 bits per heavy atom. The molecule has 0 saturated heterocycles. The predicted molar refractivity (Wildman–Crippen MR) is 158 cm³/mol. The summed E-state index contributed by atoms with van der Waals surface area (Å²) in [4.78, 5) is 28.3. The SMILES string of the molecule is CCC(C)(CN(Cc1ccccc1)CC(C)(C)CC(C)C(=O)OC(C)(C)C)CC(C)(C)C(=O)OC(C)(C)C. The average Bonchev–Trinajstić information content (AvgIpc) is 2.70. The summed E-state index contributed by atoms with van der Waals surface area (Å²) in [6.07, 6.45) is 2.41. The van der Waals surface area contributed by atoms with Gasteiger partial charge < -0.3 is 9.47 Å². The van der Waals surface area contributed by atoms with Crippen LogP contribution in [0.15, 0.2) is 30.3 Å². The largest absolute Gasteiger partial charge is 0.460 e. The van der Waals surface area contributed by atoms with Gasteiger partial charge in [-0.25, -0.2) is 0 Å². The van der Waals surface area contributed by atoms with Crippen LogP contribution in [-0.2, 0) is 25.6 Å². The molecule has 2 atom stereocenters. The van der Waals surface area contributed by atoms with Gasteiger partial charge in [-0.3, -0.25) is 14.5 Å². The number of carbonyl (C=O) groups is 2. The molecule has 0 aliphatic carbocycles. The summed E-state index contributed by atoms with van der Waals surface area (Å²) in [7, 11) is 0.